The van der Waals surface area contributed by atoms with Gasteiger partial charge < -0.3 is 15.0 Å². The zero-order valence-corrected chi connectivity index (χ0v) is 13.1. The first-order valence-electron chi connectivity index (χ1n) is 7.08. The molecule has 0 bridgehead atoms. The van der Waals surface area contributed by atoms with Crippen LogP contribution in [0.25, 0.3) is 6.08 Å². The van der Waals surface area contributed by atoms with E-state index in [2.05, 4.69) is 21.6 Å². The maximum atomic E-state index is 11.8. The fourth-order valence-corrected chi connectivity index (χ4v) is 2.44. The minimum atomic E-state index is -0.224. The third-order valence-corrected chi connectivity index (χ3v) is 3.91. The van der Waals surface area contributed by atoms with E-state index in [0.29, 0.717) is 18.4 Å². The van der Waals surface area contributed by atoms with Crippen molar-refractivity contribution in [3.05, 3.63) is 52.5 Å². The first-order valence-corrected chi connectivity index (χ1v) is 7.08. The average Bonchev–Trinajstić information content (AvgIpc) is 2.98. The van der Waals surface area contributed by atoms with Crippen molar-refractivity contribution >= 4 is 18.0 Å². The zero-order chi connectivity index (χ0) is 16.3. The van der Waals surface area contributed by atoms with Crippen molar-refractivity contribution in [1.82, 2.24) is 10.3 Å². The lowest BCUT2D eigenvalue weighted by Crippen LogP contribution is -2.15. The summed E-state index contributed by atoms with van der Waals surface area (Å²) in [5.41, 5.74) is 5.29. The van der Waals surface area contributed by atoms with E-state index in [0.717, 1.165) is 28.1 Å². The Kier molecular flexibility index (Phi) is 4.65. The molecule has 22 heavy (non-hydrogen) atoms. The SMILES string of the molecule is C=CC1=C(C)/C(=C/c2[nH]cc(CCC(=O)OC)c2C)NC1=O. The maximum absolute atomic E-state index is 11.8. The second-order valence-electron chi connectivity index (χ2n) is 5.18. The third kappa shape index (κ3) is 3.03. The predicted molar refractivity (Wildman–Crippen MR) is 84.9 cm³/mol. The molecule has 1 aromatic rings. The van der Waals surface area contributed by atoms with Crippen molar-refractivity contribution in [2.24, 2.45) is 0 Å². The number of carbonyl (C=O) groups is 2. The molecule has 0 aromatic carbocycles. The third-order valence-electron chi connectivity index (χ3n) is 3.91. The number of allylic oxidation sites excluding steroid dienone is 1. The van der Waals surface area contributed by atoms with Gasteiger partial charge in [-0.3, -0.25) is 9.59 Å². The molecule has 0 aliphatic carbocycles. The Balaban J connectivity index is 2.22. The Bertz CT molecular complexity index is 693. The van der Waals surface area contributed by atoms with E-state index >= 15 is 0 Å². The van der Waals surface area contributed by atoms with Gasteiger partial charge in [-0.15, -0.1) is 0 Å². The molecule has 1 aliphatic rings. The van der Waals surface area contributed by atoms with Gasteiger partial charge in [-0.2, -0.15) is 0 Å². The second kappa shape index (κ2) is 6.47. The van der Waals surface area contributed by atoms with Gasteiger partial charge in [-0.25, -0.2) is 0 Å². The Labute approximate surface area is 129 Å². The van der Waals surface area contributed by atoms with Gasteiger partial charge in [0.25, 0.3) is 5.91 Å². The van der Waals surface area contributed by atoms with E-state index in [1.807, 2.05) is 26.1 Å². The Morgan fingerprint density at radius 3 is 2.73 bits per heavy atom. The monoisotopic (exact) mass is 300 g/mol. The van der Waals surface area contributed by atoms with Crippen LogP contribution in [0.2, 0.25) is 0 Å². The molecule has 0 unspecified atom stereocenters. The molecule has 116 valence electrons. The van der Waals surface area contributed by atoms with Crippen molar-refractivity contribution in [2.75, 3.05) is 7.11 Å². The van der Waals surface area contributed by atoms with Crippen LogP contribution in [-0.2, 0) is 20.7 Å². The number of esters is 1. The number of aryl methyl sites for hydroxylation is 1. The van der Waals surface area contributed by atoms with Crippen LogP contribution in [0.5, 0.6) is 0 Å². The molecule has 5 heteroatoms. The lowest BCUT2D eigenvalue weighted by molar-refractivity contribution is -0.140. The topological polar surface area (TPSA) is 71.2 Å². The van der Waals surface area contributed by atoms with E-state index in [-0.39, 0.29) is 11.9 Å². The number of rotatable bonds is 5. The van der Waals surface area contributed by atoms with E-state index in [1.54, 1.807) is 6.08 Å². The van der Waals surface area contributed by atoms with Gasteiger partial charge in [0.2, 0.25) is 0 Å². The Morgan fingerprint density at radius 1 is 1.41 bits per heavy atom. The molecular weight excluding hydrogens is 280 g/mol. The fraction of sp³-hybridized carbons (Fsp3) is 0.294. The smallest absolute Gasteiger partial charge is 0.305 e. The van der Waals surface area contributed by atoms with Gasteiger partial charge in [0, 0.05) is 29.6 Å². The quantitative estimate of drug-likeness (QED) is 0.820. The van der Waals surface area contributed by atoms with Crippen molar-refractivity contribution < 1.29 is 14.3 Å². The summed E-state index contributed by atoms with van der Waals surface area (Å²) in [5.74, 6) is -0.355. The van der Waals surface area contributed by atoms with Crippen LogP contribution in [-0.4, -0.2) is 24.0 Å². The number of carbonyl (C=O) groups excluding carboxylic acids is 2. The van der Waals surface area contributed by atoms with Gasteiger partial charge in [0.05, 0.1) is 7.11 Å². The highest BCUT2D eigenvalue weighted by atomic mass is 16.5. The molecule has 0 atom stereocenters. The number of hydrogen-bond acceptors (Lipinski definition) is 3. The number of ether oxygens (including phenoxy) is 1. The lowest BCUT2D eigenvalue weighted by Gasteiger charge is -2.02. The molecule has 0 radical (unpaired) electrons. The minimum Gasteiger partial charge on any atom is -0.469 e. The predicted octanol–water partition coefficient (Wildman–Crippen LogP) is 2.40. The molecule has 5 nitrogen and oxygen atoms in total. The van der Waals surface area contributed by atoms with E-state index in [4.69, 9.17) is 0 Å². The van der Waals surface area contributed by atoms with Crippen molar-refractivity contribution in [1.29, 1.82) is 0 Å². The van der Waals surface area contributed by atoms with Gasteiger partial charge in [0.1, 0.15) is 0 Å². The summed E-state index contributed by atoms with van der Waals surface area (Å²) in [5, 5.41) is 2.83. The summed E-state index contributed by atoms with van der Waals surface area (Å²) in [6, 6.07) is 0. The molecule has 1 amide bonds. The van der Waals surface area contributed by atoms with Crippen LogP contribution >= 0.6 is 0 Å². The van der Waals surface area contributed by atoms with Crippen LogP contribution < -0.4 is 5.32 Å². The van der Waals surface area contributed by atoms with E-state index in [1.165, 1.54) is 7.11 Å². The van der Waals surface area contributed by atoms with E-state index in [9.17, 15) is 9.59 Å². The van der Waals surface area contributed by atoms with Crippen LogP contribution in [0.4, 0.5) is 0 Å². The first-order chi connectivity index (χ1) is 10.5. The molecule has 0 spiro atoms. The fourth-order valence-electron chi connectivity index (χ4n) is 2.44. The van der Waals surface area contributed by atoms with Crippen molar-refractivity contribution in [3.63, 3.8) is 0 Å². The van der Waals surface area contributed by atoms with Gasteiger partial charge in [-0.05, 0) is 43.0 Å². The molecule has 0 saturated heterocycles. The summed E-state index contributed by atoms with van der Waals surface area (Å²) >= 11 is 0. The highest BCUT2D eigenvalue weighted by molar-refractivity contribution is 6.03. The largest absolute Gasteiger partial charge is 0.469 e. The second-order valence-corrected chi connectivity index (χ2v) is 5.18. The summed E-state index contributed by atoms with van der Waals surface area (Å²) in [7, 11) is 1.39. The van der Waals surface area contributed by atoms with Crippen LogP contribution in [0.3, 0.4) is 0 Å². The standard InChI is InChI=1S/C17H20N2O3/c1-5-13-11(3)15(19-17(13)21)8-14-10(2)12(9-18-14)6-7-16(20)22-4/h5,8-9,18H,1,6-7H2,2-4H3,(H,19,21)/b15-8-. The number of methoxy groups -OCH3 is 1. The number of aromatic amines is 1. The van der Waals surface area contributed by atoms with E-state index < -0.39 is 0 Å². The minimum absolute atomic E-state index is 0.131. The number of hydrogen-bond donors (Lipinski definition) is 2. The normalized spacial score (nSPS) is 16.1. The molecule has 0 fully saturated rings. The van der Waals surface area contributed by atoms with Crippen molar-refractivity contribution in [3.8, 4) is 0 Å². The molecule has 2 N–H and O–H groups in total. The average molecular weight is 300 g/mol. The summed E-state index contributed by atoms with van der Waals surface area (Å²) in [4.78, 5) is 26.2. The number of amides is 1. The summed E-state index contributed by atoms with van der Waals surface area (Å²) in [6.07, 6.45) is 6.32. The molecule has 1 aromatic heterocycles. The molecular formula is C17H20N2O3. The molecule has 2 heterocycles. The first kappa shape index (κ1) is 15.8. The van der Waals surface area contributed by atoms with Crippen LogP contribution in [0.1, 0.15) is 30.2 Å². The highest BCUT2D eigenvalue weighted by Gasteiger charge is 2.22. The molecule has 1 aliphatic heterocycles. The summed E-state index contributed by atoms with van der Waals surface area (Å²) < 4.78 is 4.65. The molecule has 0 saturated carbocycles. The number of aromatic nitrogens is 1. The number of H-pyrrole nitrogens is 1. The van der Waals surface area contributed by atoms with Crippen molar-refractivity contribution in [2.45, 2.75) is 26.7 Å². The Morgan fingerprint density at radius 2 is 2.14 bits per heavy atom. The van der Waals surface area contributed by atoms with Gasteiger partial charge in [0.15, 0.2) is 0 Å². The number of nitrogens with one attached hydrogen (secondary N) is 2. The maximum Gasteiger partial charge on any atom is 0.305 e. The highest BCUT2D eigenvalue weighted by Crippen LogP contribution is 2.24. The Hall–Kier alpha value is -2.56. The zero-order valence-electron chi connectivity index (χ0n) is 13.1. The molecule has 2 rings (SSSR count). The lowest BCUT2D eigenvalue weighted by atomic mass is 10.1. The van der Waals surface area contributed by atoms with Crippen LogP contribution in [0.15, 0.2) is 35.7 Å². The van der Waals surface area contributed by atoms with Gasteiger partial charge in [-0.1, -0.05) is 12.7 Å². The van der Waals surface area contributed by atoms with Gasteiger partial charge >= 0.3 is 5.97 Å². The van der Waals surface area contributed by atoms with Crippen LogP contribution in [0, 0.1) is 6.92 Å². The summed E-state index contributed by atoms with van der Waals surface area (Å²) in [6.45, 7) is 7.53.